The molecule has 1 aliphatic carbocycles. The number of nitrogen functional groups attached to an aromatic ring is 1. The van der Waals surface area contributed by atoms with Gasteiger partial charge in [0.15, 0.2) is 5.82 Å². The van der Waals surface area contributed by atoms with E-state index in [0.717, 1.165) is 18.4 Å². The lowest BCUT2D eigenvalue weighted by atomic mass is 9.83. The highest BCUT2D eigenvalue weighted by Gasteiger charge is 2.32. The van der Waals surface area contributed by atoms with Crippen molar-refractivity contribution in [2.75, 3.05) is 17.6 Å². The molecule has 112 valence electrons. The third-order valence-electron chi connectivity index (χ3n) is 4.93. The predicted octanol–water partition coefficient (Wildman–Crippen LogP) is 4.34. The largest absolute Gasteiger partial charge is 0.398 e. The number of anilines is 2. The van der Waals surface area contributed by atoms with Gasteiger partial charge in [-0.1, -0.05) is 19.8 Å². The lowest BCUT2D eigenvalue weighted by molar-refractivity contribution is 0.306. The number of halogens is 1. The van der Waals surface area contributed by atoms with E-state index in [1.54, 1.807) is 6.20 Å². The summed E-state index contributed by atoms with van der Waals surface area (Å²) in [5, 5.41) is 4.13. The summed E-state index contributed by atoms with van der Waals surface area (Å²) in [7, 11) is 0. The van der Waals surface area contributed by atoms with Crippen LogP contribution in [0.5, 0.6) is 0 Å². The number of aromatic nitrogens is 1. The highest BCUT2D eigenvalue weighted by molar-refractivity contribution is 5.98. The first kappa shape index (κ1) is 14.1. The van der Waals surface area contributed by atoms with Crippen LogP contribution in [0.15, 0.2) is 24.4 Å². The van der Waals surface area contributed by atoms with Gasteiger partial charge in [0.2, 0.25) is 0 Å². The van der Waals surface area contributed by atoms with Crippen LogP contribution in [0, 0.1) is 11.2 Å². The Hall–Kier alpha value is -1.84. The predicted molar refractivity (Wildman–Crippen MR) is 85.8 cm³/mol. The first-order valence-corrected chi connectivity index (χ1v) is 7.72. The van der Waals surface area contributed by atoms with Gasteiger partial charge in [-0.3, -0.25) is 4.98 Å². The molecule has 1 aromatic heterocycles. The van der Waals surface area contributed by atoms with E-state index in [1.165, 1.54) is 31.7 Å². The summed E-state index contributed by atoms with van der Waals surface area (Å²) in [5.74, 6) is -0.317. The molecule has 0 aliphatic heterocycles. The molecule has 0 saturated heterocycles. The van der Waals surface area contributed by atoms with Crippen molar-refractivity contribution in [3.63, 3.8) is 0 Å². The molecule has 1 fully saturated rings. The number of hydrogen-bond acceptors (Lipinski definition) is 3. The molecule has 0 unspecified atom stereocenters. The molecular weight excluding hydrogens is 265 g/mol. The zero-order valence-corrected chi connectivity index (χ0v) is 12.5. The minimum atomic E-state index is -0.317. The monoisotopic (exact) mass is 287 g/mol. The number of nitrogens with zero attached hydrogens (tertiary/aromatic N) is 1. The topological polar surface area (TPSA) is 50.9 Å². The van der Waals surface area contributed by atoms with Crippen LogP contribution in [0.4, 0.5) is 15.8 Å². The van der Waals surface area contributed by atoms with E-state index in [2.05, 4.69) is 17.2 Å². The van der Waals surface area contributed by atoms with Gasteiger partial charge in [0, 0.05) is 23.8 Å². The highest BCUT2D eigenvalue weighted by Crippen LogP contribution is 2.41. The fourth-order valence-electron chi connectivity index (χ4n) is 3.46. The lowest BCUT2D eigenvalue weighted by Gasteiger charge is -2.28. The summed E-state index contributed by atoms with van der Waals surface area (Å²) in [6, 6.07) is 5.10. The minimum absolute atomic E-state index is 0.301. The number of nitrogens with one attached hydrogen (secondary N) is 1. The van der Waals surface area contributed by atoms with Crippen LogP contribution in [0.2, 0.25) is 0 Å². The summed E-state index contributed by atoms with van der Waals surface area (Å²) in [6.45, 7) is 3.03. The molecule has 0 amide bonds. The Labute approximate surface area is 124 Å². The van der Waals surface area contributed by atoms with E-state index < -0.39 is 0 Å². The summed E-state index contributed by atoms with van der Waals surface area (Å²) in [4.78, 5) is 4.31. The van der Waals surface area contributed by atoms with E-state index in [-0.39, 0.29) is 5.82 Å². The quantitative estimate of drug-likeness (QED) is 0.822. The molecule has 1 aliphatic rings. The number of fused-ring (bicyclic) bond motifs is 1. The Bertz CT molecular complexity index is 648. The molecule has 1 saturated carbocycles. The van der Waals surface area contributed by atoms with Gasteiger partial charge in [0.05, 0.1) is 11.2 Å². The van der Waals surface area contributed by atoms with Crippen molar-refractivity contribution in [2.24, 2.45) is 5.41 Å². The van der Waals surface area contributed by atoms with E-state index >= 15 is 0 Å². The standard InChI is InChI=1S/C17H22FN3/c1-2-17(7-3-4-8-17)11-21-16-13(18)10-14(19)12-6-5-9-20-15(12)16/h5-6,9-10,21H,2-4,7-8,11,19H2,1H3. The SMILES string of the molecule is CCC1(CNc2c(F)cc(N)c3cccnc23)CCCC1. The van der Waals surface area contributed by atoms with Crippen molar-refractivity contribution in [3.05, 3.63) is 30.2 Å². The lowest BCUT2D eigenvalue weighted by Crippen LogP contribution is -2.26. The van der Waals surface area contributed by atoms with Crippen LogP contribution in [0.3, 0.4) is 0 Å². The molecule has 0 radical (unpaired) electrons. The molecule has 3 N–H and O–H groups in total. The van der Waals surface area contributed by atoms with Crippen LogP contribution in [-0.4, -0.2) is 11.5 Å². The Morgan fingerprint density at radius 2 is 2.14 bits per heavy atom. The summed E-state index contributed by atoms with van der Waals surface area (Å²) >= 11 is 0. The van der Waals surface area contributed by atoms with E-state index in [4.69, 9.17) is 5.73 Å². The maximum absolute atomic E-state index is 14.3. The Balaban J connectivity index is 1.93. The molecule has 2 aromatic rings. The Kier molecular flexibility index (Phi) is 3.70. The van der Waals surface area contributed by atoms with E-state index in [0.29, 0.717) is 22.3 Å². The van der Waals surface area contributed by atoms with Crippen LogP contribution < -0.4 is 11.1 Å². The van der Waals surface area contributed by atoms with Gasteiger partial charge in [-0.15, -0.1) is 0 Å². The van der Waals surface area contributed by atoms with Gasteiger partial charge >= 0.3 is 0 Å². The number of rotatable bonds is 4. The number of nitrogens with two attached hydrogens (primary N) is 1. The highest BCUT2D eigenvalue weighted by atomic mass is 19.1. The molecular formula is C17H22FN3. The van der Waals surface area contributed by atoms with Gasteiger partial charge in [-0.25, -0.2) is 4.39 Å². The van der Waals surface area contributed by atoms with Gasteiger partial charge in [0.25, 0.3) is 0 Å². The van der Waals surface area contributed by atoms with Gasteiger partial charge < -0.3 is 11.1 Å². The smallest absolute Gasteiger partial charge is 0.150 e. The molecule has 1 aromatic carbocycles. The van der Waals surface area contributed by atoms with Gasteiger partial charge in [-0.2, -0.15) is 0 Å². The number of pyridine rings is 1. The van der Waals surface area contributed by atoms with Gasteiger partial charge in [-0.05, 0) is 42.9 Å². The van der Waals surface area contributed by atoms with Crippen molar-refractivity contribution in [1.29, 1.82) is 0 Å². The van der Waals surface area contributed by atoms with Crippen LogP contribution in [0.25, 0.3) is 10.9 Å². The second-order valence-corrected chi connectivity index (χ2v) is 6.14. The molecule has 0 bridgehead atoms. The minimum Gasteiger partial charge on any atom is -0.398 e. The van der Waals surface area contributed by atoms with Crippen molar-refractivity contribution >= 4 is 22.3 Å². The van der Waals surface area contributed by atoms with Crippen LogP contribution >= 0.6 is 0 Å². The maximum Gasteiger partial charge on any atom is 0.150 e. The molecule has 0 atom stereocenters. The molecule has 3 rings (SSSR count). The fourth-order valence-corrected chi connectivity index (χ4v) is 3.46. The normalized spacial score (nSPS) is 17.2. The third kappa shape index (κ3) is 2.55. The van der Waals surface area contributed by atoms with Gasteiger partial charge in [0.1, 0.15) is 0 Å². The van der Waals surface area contributed by atoms with Crippen LogP contribution in [0.1, 0.15) is 39.0 Å². The Morgan fingerprint density at radius 3 is 2.86 bits per heavy atom. The molecule has 1 heterocycles. The average molecular weight is 287 g/mol. The first-order valence-electron chi connectivity index (χ1n) is 7.72. The summed E-state index contributed by atoms with van der Waals surface area (Å²) < 4.78 is 14.3. The molecule has 21 heavy (non-hydrogen) atoms. The van der Waals surface area contributed by atoms with Crippen molar-refractivity contribution in [1.82, 2.24) is 4.98 Å². The van der Waals surface area contributed by atoms with Crippen molar-refractivity contribution in [3.8, 4) is 0 Å². The average Bonchev–Trinajstić information content (AvgIpc) is 2.96. The first-order chi connectivity index (χ1) is 10.2. The maximum atomic E-state index is 14.3. The zero-order valence-electron chi connectivity index (χ0n) is 12.5. The summed E-state index contributed by atoms with van der Waals surface area (Å²) in [5.41, 5.74) is 7.74. The van der Waals surface area contributed by atoms with Crippen LogP contribution in [-0.2, 0) is 0 Å². The van der Waals surface area contributed by atoms with Crippen molar-refractivity contribution in [2.45, 2.75) is 39.0 Å². The number of hydrogen-bond donors (Lipinski definition) is 2. The second-order valence-electron chi connectivity index (χ2n) is 6.14. The summed E-state index contributed by atoms with van der Waals surface area (Å²) in [6.07, 6.45) is 7.80. The Morgan fingerprint density at radius 1 is 1.38 bits per heavy atom. The van der Waals surface area contributed by atoms with E-state index in [1.807, 2.05) is 12.1 Å². The molecule has 3 nitrogen and oxygen atoms in total. The molecule has 0 spiro atoms. The van der Waals surface area contributed by atoms with Crippen molar-refractivity contribution < 1.29 is 4.39 Å². The fraction of sp³-hybridized carbons (Fsp3) is 0.471. The molecule has 4 heteroatoms. The van der Waals surface area contributed by atoms with E-state index in [9.17, 15) is 4.39 Å². The number of benzene rings is 1. The zero-order chi connectivity index (χ0) is 14.9. The second kappa shape index (κ2) is 5.51. The third-order valence-corrected chi connectivity index (χ3v) is 4.93.